The highest BCUT2D eigenvalue weighted by molar-refractivity contribution is 5.81. The van der Waals surface area contributed by atoms with Crippen LogP contribution in [0, 0.1) is 17.8 Å². The van der Waals surface area contributed by atoms with Crippen molar-refractivity contribution in [3.05, 3.63) is 47.5 Å². The number of methoxy groups -OCH3 is 1. The van der Waals surface area contributed by atoms with Crippen LogP contribution < -0.4 is 0 Å². The summed E-state index contributed by atoms with van der Waals surface area (Å²) < 4.78 is 5.13. The number of carbonyl (C=O) groups excluding carboxylic acids is 1. The van der Waals surface area contributed by atoms with Gasteiger partial charge in [0.05, 0.1) is 6.61 Å². The van der Waals surface area contributed by atoms with E-state index < -0.39 is 0 Å². The minimum absolute atomic E-state index is 0.312. The van der Waals surface area contributed by atoms with Crippen LogP contribution in [0.4, 0.5) is 0 Å². The molecule has 2 heteroatoms. The Bertz CT molecular complexity index is 688. The van der Waals surface area contributed by atoms with Gasteiger partial charge in [-0.05, 0) is 37.3 Å². The quantitative estimate of drug-likeness (QED) is 0.167. The Morgan fingerprint density at radius 2 is 1.66 bits per heavy atom. The van der Waals surface area contributed by atoms with E-state index in [1.54, 1.807) is 7.11 Å². The number of carbonyl (C=O) groups is 1. The average Bonchev–Trinajstić information content (AvgIpc) is 3.10. The van der Waals surface area contributed by atoms with E-state index in [-0.39, 0.29) is 0 Å². The van der Waals surface area contributed by atoms with Crippen molar-refractivity contribution in [1.82, 2.24) is 0 Å². The largest absolute Gasteiger partial charge is 0.380 e. The Balaban J connectivity index is 0.000000593. The van der Waals surface area contributed by atoms with Crippen molar-refractivity contribution in [2.45, 2.75) is 131 Å². The first-order valence-corrected chi connectivity index (χ1v) is 14.4. The molecule has 2 aliphatic rings. The summed E-state index contributed by atoms with van der Waals surface area (Å²) in [5, 5.41) is 0. The lowest BCUT2D eigenvalue weighted by atomic mass is 10.1. The summed E-state index contributed by atoms with van der Waals surface area (Å²) in [6, 6.07) is 8.43. The number of ether oxygens (including phenoxy) is 1. The zero-order valence-corrected chi connectivity index (χ0v) is 23.7. The highest BCUT2D eigenvalue weighted by Crippen LogP contribution is 2.20. The standard InChI is InChI=1S/C17H20O2.2C7H14.C2H6/c1-19-13-16-8-4-7-14(11-16)5-2-3-6-15-9-10-17(18)12-15;1-2-4-6-7-5-3-1;1-3-5-7-6-4-2;1-2/h4,7-8,11,15H,2,5,9-10,12-13H2,1H3;1-7H2;3,5H,4,6-7H2,1-2H3;1-2H3/b;;5-3+;. The number of rotatable bonds is 7. The number of unbranched alkanes of at least 4 members (excludes halogenated alkanes) is 2. The number of hydrogen-bond donors (Lipinski definition) is 0. The molecule has 2 fully saturated rings. The van der Waals surface area contributed by atoms with Crippen molar-refractivity contribution in [3.63, 3.8) is 0 Å². The van der Waals surface area contributed by atoms with Gasteiger partial charge in [-0.25, -0.2) is 0 Å². The maximum absolute atomic E-state index is 11.1. The molecular formula is C33H54O2. The van der Waals surface area contributed by atoms with E-state index >= 15 is 0 Å². The summed E-state index contributed by atoms with van der Waals surface area (Å²) in [5.74, 6) is 7.12. The van der Waals surface area contributed by atoms with Crippen molar-refractivity contribution >= 4 is 5.78 Å². The molecule has 3 rings (SSSR count). The van der Waals surface area contributed by atoms with Gasteiger partial charge in [-0.15, -0.1) is 5.92 Å². The van der Waals surface area contributed by atoms with E-state index in [1.165, 1.54) is 75.3 Å². The van der Waals surface area contributed by atoms with Gasteiger partial charge in [-0.2, -0.15) is 0 Å². The molecule has 0 amide bonds. The van der Waals surface area contributed by atoms with E-state index in [0.29, 0.717) is 24.7 Å². The van der Waals surface area contributed by atoms with Gasteiger partial charge in [0.25, 0.3) is 0 Å². The highest BCUT2D eigenvalue weighted by atomic mass is 16.5. The molecule has 0 aromatic heterocycles. The van der Waals surface area contributed by atoms with Crippen LogP contribution in [-0.2, 0) is 22.6 Å². The Morgan fingerprint density at radius 3 is 2.17 bits per heavy atom. The molecule has 0 aliphatic heterocycles. The van der Waals surface area contributed by atoms with Gasteiger partial charge in [-0.3, -0.25) is 4.79 Å². The second-order valence-electron chi connectivity index (χ2n) is 9.24. The van der Waals surface area contributed by atoms with Crippen LogP contribution in [0.3, 0.4) is 0 Å². The van der Waals surface area contributed by atoms with Crippen molar-refractivity contribution in [2.75, 3.05) is 7.11 Å². The molecule has 0 heterocycles. The summed E-state index contributed by atoms with van der Waals surface area (Å²) in [6.45, 7) is 8.93. The molecule has 1 aromatic carbocycles. The lowest BCUT2D eigenvalue weighted by Crippen LogP contribution is -1.92. The third kappa shape index (κ3) is 20.1. The molecule has 0 N–H and O–H groups in total. The molecule has 198 valence electrons. The van der Waals surface area contributed by atoms with Crippen LogP contribution >= 0.6 is 0 Å². The first-order chi connectivity index (χ1) is 17.2. The summed E-state index contributed by atoms with van der Waals surface area (Å²) in [4.78, 5) is 11.1. The molecule has 1 atom stereocenters. The Kier molecular flexibility index (Phi) is 23.9. The third-order valence-corrected chi connectivity index (χ3v) is 6.10. The first kappa shape index (κ1) is 33.1. The molecular weight excluding hydrogens is 428 g/mol. The van der Waals surface area contributed by atoms with Crippen molar-refractivity contribution in [1.29, 1.82) is 0 Å². The van der Waals surface area contributed by atoms with Gasteiger partial charge in [0.2, 0.25) is 0 Å². The van der Waals surface area contributed by atoms with Crippen LogP contribution in [0.5, 0.6) is 0 Å². The molecule has 2 nitrogen and oxygen atoms in total. The lowest BCUT2D eigenvalue weighted by molar-refractivity contribution is -0.117. The zero-order chi connectivity index (χ0) is 26.0. The minimum atomic E-state index is 0.312. The minimum Gasteiger partial charge on any atom is -0.380 e. The predicted octanol–water partition coefficient (Wildman–Crippen LogP) is 9.65. The van der Waals surface area contributed by atoms with Gasteiger partial charge in [0, 0.05) is 32.3 Å². The van der Waals surface area contributed by atoms with Crippen LogP contribution in [0.1, 0.15) is 129 Å². The number of aryl methyl sites for hydroxylation is 1. The number of benzene rings is 1. The fraction of sp³-hybridized carbons (Fsp3) is 0.667. The van der Waals surface area contributed by atoms with Crippen LogP contribution in [0.2, 0.25) is 0 Å². The lowest BCUT2D eigenvalue weighted by Gasteiger charge is -2.02. The van der Waals surface area contributed by atoms with Gasteiger partial charge >= 0.3 is 0 Å². The smallest absolute Gasteiger partial charge is 0.134 e. The SMILES string of the molecule is C/C=C/CCCC.C1CCCCCC1.CC.COCc1cccc(CCC#CC2CCC(=O)C2)c1. The normalized spacial score (nSPS) is 16.9. The van der Waals surface area contributed by atoms with Crippen LogP contribution in [-0.4, -0.2) is 12.9 Å². The number of Topliss-reactive ketones (excluding diaryl/α,β-unsaturated/α-hetero) is 1. The maximum atomic E-state index is 11.1. The second-order valence-corrected chi connectivity index (χ2v) is 9.24. The third-order valence-electron chi connectivity index (χ3n) is 6.10. The van der Waals surface area contributed by atoms with E-state index in [0.717, 1.165) is 25.7 Å². The molecule has 0 bridgehead atoms. The molecule has 1 aromatic rings. The van der Waals surface area contributed by atoms with Crippen molar-refractivity contribution < 1.29 is 9.53 Å². The number of allylic oxidation sites excluding steroid dienone is 2. The molecule has 0 radical (unpaired) electrons. The summed E-state index contributed by atoms with van der Waals surface area (Å²) in [5.41, 5.74) is 2.50. The van der Waals surface area contributed by atoms with E-state index in [9.17, 15) is 4.79 Å². The molecule has 2 aliphatic carbocycles. The monoisotopic (exact) mass is 482 g/mol. The predicted molar refractivity (Wildman–Crippen MR) is 154 cm³/mol. The molecule has 0 saturated heterocycles. The van der Waals surface area contributed by atoms with Gasteiger partial charge in [-0.1, -0.05) is 121 Å². The maximum Gasteiger partial charge on any atom is 0.134 e. The summed E-state index contributed by atoms with van der Waals surface area (Å²) >= 11 is 0. The van der Waals surface area contributed by atoms with E-state index in [2.05, 4.69) is 62.1 Å². The second kappa shape index (κ2) is 25.2. The highest BCUT2D eigenvalue weighted by Gasteiger charge is 2.19. The molecule has 35 heavy (non-hydrogen) atoms. The van der Waals surface area contributed by atoms with E-state index in [4.69, 9.17) is 4.74 Å². The average molecular weight is 483 g/mol. The first-order valence-electron chi connectivity index (χ1n) is 14.4. The zero-order valence-electron chi connectivity index (χ0n) is 23.7. The van der Waals surface area contributed by atoms with Crippen molar-refractivity contribution in [2.24, 2.45) is 5.92 Å². The van der Waals surface area contributed by atoms with Gasteiger partial charge in [0.15, 0.2) is 0 Å². The molecule has 0 spiro atoms. The summed E-state index contributed by atoms with van der Waals surface area (Å²) in [6.07, 6.45) is 22.9. The molecule has 2 saturated carbocycles. The molecule has 1 unspecified atom stereocenters. The van der Waals surface area contributed by atoms with Gasteiger partial charge in [0.1, 0.15) is 5.78 Å². The van der Waals surface area contributed by atoms with Crippen molar-refractivity contribution in [3.8, 4) is 11.8 Å². The Morgan fingerprint density at radius 1 is 1.03 bits per heavy atom. The summed E-state index contributed by atoms with van der Waals surface area (Å²) in [7, 11) is 1.71. The Hall–Kier alpha value is -1.85. The van der Waals surface area contributed by atoms with E-state index in [1.807, 2.05) is 13.8 Å². The van der Waals surface area contributed by atoms with Crippen LogP contribution in [0.15, 0.2) is 36.4 Å². The Labute approximate surface area is 218 Å². The number of hydrogen-bond acceptors (Lipinski definition) is 2. The fourth-order valence-corrected chi connectivity index (χ4v) is 4.13. The van der Waals surface area contributed by atoms with Gasteiger partial charge < -0.3 is 4.74 Å². The number of ketones is 1. The fourth-order valence-electron chi connectivity index (χ4n) is 4.13. The van der Waals surface area contributed by atoms with Crippen LogP contribution in [0.25, 0.3) is 0 Å². The topological polar surface area (TPSA) is 26.3 Å².